The van der Waals surface area contributed by atoms with Gasteiger partial charge in [0.2, 0.25) is 17.7 Å². The molecule has 0 saturated carbocycles. The van der Waals surface area contributed by atoms with Crippen molar-refractivity contribution in [3.8, 4) is 0 Å². The summed E-state index contributed by atoms with van der Waals surface area (Å²) >= 11 is 7.65. The summed E-state index contributed by atoms with van der Waals surface area (Å²) in [5.41, 5.74) is 2.20. The number of carbonyl (C=O) groups excluding carboxylic acids is 3. The molecule has 6 atom stereocenters. The number of nitrogens with one attached hydrogen (secondary N) is 2. The standard InChI is InChI=1S/C31H30ClN3O4S/c32-20-11-13-22(14-12-20)34-29(38)27-31-16-15-24(40-31)25(28(37)33-21-9-5-2-6-10-21)26(31)30(39)35(27)23(18-36)17-19-7-3-1-4-8-19/h1-14,23-27,36H,15-18H2,(H,33,37)(H,34,38)/t23-,24-,25+,26+,27?,31?/m1/s1. The number of thioether (sulfide) groups is 1. The van der Waals surface area contributed by atoms with Crippen LogP contribution in [0.25, 0.3) is 0 Å². The normalized spacial score (nSPS) is 27.4. The number of aliphatic hydroxyl groups is 1. The molecule has 3 N–H and O–H groups in total. The van der Waals surface area contributed by atoms with Crippen LogP contribution in [-0.4, -0.2) is 56.4 Å². The van der Waals surface area contributed by atoms with E-state index in [0.29, 0.717) is 29.2 Å². The van der Waals surface area contributed by atoms with E-state index in [1.165, 1.54) is 0 Å². The summed E-state index contributed by atoms with van der Waals surface area (Å²) in [6.45, 7) is -0.302. The lowest BCUT2D eigenvalue weighted by atomic mass is 9.70. The van der Waals surface area contributed by atoms with Gasteiger partial charge in [0, 0.05) is 21.6 Å². The molecule has 40 heavy (non-hydrogen) atoms. The number of para-hydroxylation sites is 1. The largest absolute Gasteiger partial charge is 0.394 e. The molecule has 3 aromatic rings. The van der Waals surface area contributed by atoms with Crippen molar-refractivity contribution in [3.05, 3.63) is 95.5 Å². The molecule has 3 aliphatic heterocycles. The number of rotatable bonds is 8. The second-order valence-electron chi connectivity index (χ2n) is 10.7. The Balaban J connectivity index is 1.36. The Morgan fingerprint density at radius 3 is 2.25 bits per heavy atom. The zero-order valence-electron chi connectivity index (χ0n) is 21.7. The van der Waals surface area contributed by atoms with Crippen LogP contribution in [0.1, 0.15) is 18.4 Å². The molecule has 3 heterocycles. The topological polar surface area (TPSA) is 98.7 Å². The van der Waals surface area contributed by atoms with Crippen molar-refractivity contribution < 1.29 is 19.5 Å². The van der Waals surface area contributed by atoms with E-state index in [1.807, 2.05) is 60.7 Å². The van der Waals surface area contributed by atoms with E-state index in [2.05, 4.69) is 10.6 Å². The number of likely N-dealkylation sites (tertiary alicyclic amines) is 1. The van der Waals surface area contributed by atoms with Crippen LogP contribution in [-0.2, 0) is 20.8 Å². The second-order valence-corrected chi connectivity index (χ2v) is 12.7. The second kappa shape index (κ2) is 10.9. The maximum atomic E-state index is 14.4. The highest BCUT2D eigenvalue weighted by atomic mass is 35.5. The average molecular weight is 576 g/mol. The molecule has 2 bridgehead atoms. The van der Waals surface area contributed by atoms with Crippen LogP contribution in [0.15, 0.2) is 84.9 Å². The molecule has 0 radical (unpaired) electrons. The molecule has 3 fully saturated rings. The Labute approximate surface area is 242 Å². The molecule has 6 rings (SSSR count). The summed E-state index contributed by atoms with van der Waals surface area (Å²) in [6.07, 6.45) is 1.78. The van der Waals surface area contributed by atoms with Crippen molar-refractivity contribution in [1.29, 1.82) is 0 Å². The Hall–Kier alpha value is -3.33. The lowest BCUT2D eigenvalue weighted by molar-refractivity contribution is -0.141. The van der Waals surface area contributed by atoms with Gasteiger partial charge in [-0.25, -0.2) is 0 Å². The molecular formula is C31H30ClN3O4S. The summed E-state index contributed by atoms with van der Waals surface area (Å²) in [4.78, 5) is 43.7. The van der Waals surface area contributed by atoms with Gasteiger partial charge in [-0.1, -0.05) is 60.1 Å². The lowest BCUT2D eigenvalue weighted by Gasteiger charge is -2.37. The molecule has 1 spiro atoms. The van der Waals surface area contributed by atoms with Crippen molar-refractivity contribution in [3.63, 3.8) is 0 Å². The number of hydrogen-bond donors (Lipinski definition) is 3. The van der Waals surface area contributed by atoms with E-state index in [0.717, 1.165) is 12.0 Å². The quantitative estimate of drug-likeness (QED) is 0.364. The first-order valence-corrected chi connectivity index (χ1v) is 14.7. The molecule has 9 heteroatoms. The van der Waals surface area contributed by atoms with Crippen LogP contribution in [0.4, 0.5) is 11.4 Å². The van der Waals surface area contributed by atoms with E-state index in [9.17, 15) is 19.5 Å². The van der Waals surface area contributed by atoms with Gasteiger partial charge in [0.15, 0.2) is 0 Å². The highest BCUT2D eigenvalue weighted by Crippen LogP contribution is 2.66. The van der Waals surface area contributed by atoms with Gasteiger partial charge >= 0.3 is 0 Å². The number of halogens is 1. The maximum Gasteiger partial charge on any atom is 0.248 e. The van der Waals surface area contributed by atoms with E-state index in [4.69, 9.17) is 11.6 Å². The van der Waals surface area contributed by atoms with Crippen molar-refractivity contribution in [2.45, 2.75) is 41.3 Å². The fraction of sp³-hybridized carbons (Fsp3) is 0.323. The molecular weight excluding hydrogens is 546 g/mol. The third-order valence-electron chi connectivity index (χ3n) is 8.36. The van der Waals surface area contributed by atoms with Crippen LogP contribution in [0.2, 0.25) is 5.02 Å². The molecule has 0 aliphatic carbocycles. The third-order valence-corrected chi connectivity index (χ3v) is 10.6. The number of hydrogen-bond acceptors (Lipinski definition) is 5. The highest BCUT2D eigenvalue weighted by molar-refractivity contribution is 8.02. The molecule has 3 aliphatic rings. The van der Waals surface area contributed by atoms with Crippen LogP contribution < -0.4 is 10.6 Å². The fourth-order valence-electron chi connectivity index (χ4n) is 6.71. The number of amides is 3. The smallest absolute Gasteiger partial charge is 0.248 e. The summed E-state index contributed by atoms with van der Waals surface area (Å²) in [5.74, 6) is -1.99. The molecule has 3 amide bonds. The number of aliphatic hydroxyl groups excluding tert-OH is 1. The average Bonchev–Trinajstić information content (AvgIpc) is 3.61. The van der Waals surface area contributed by atoms with Crippen molar-refractivity contribution >= 4 is 52.5 Å². The van der Waals surface area contributed by atoms with Gasteiger partial charge < -0.3 is 20.6 Å². The minimum Gasteiger partial charge on any atom is -0.394 e. The number of fused-ring (bicyclic) bond motifs is 1. The van der Waals surface area contributed by atoms with Gasteiger partial charge in [0.1, 0.15) is 6.04 Å². The van der Waals surface area contributed by atoms with Gasteiger partial charge in [0.05, 0.1) is 29.2 Å². The number of benzene rings is 3. The minimum absolute atomic E-state index is 0.0626. The maximum absolute atomic E-state index is 14.4. The highest BCUT2D eigenvalue weighted by Gasteiger charge is 2.74. The van der Waals surface area contributed by atoms with Crippen LogP contribution in [0.5, 0.6) is 0 Å². The molecule has 7 nitrogen and oxygen atoms in total. The Bertz CT molecular complexity index is 1410. The van der Waals surface area contributed by atoms with Crippen LogP contribution in [0.3, 0.4) is 0 Å². The van der Waals surface area contributed by atoms with Gasteiger partial charge in [-0.15, -0.1) is 11.8 Å². The van der Waals surface area contributed by atoms with Gasteiger partial charge in [-0.05, 0) is 61.2 Å². The zero-order valence-corrected chi connectivity index (χ0v) is 23.3. The van der Waals surface area contributed by atoms with Gasteiger partial charge in [0.25, 0.3) is 0 Å². The van der Waals surface area contributed by atoms with Gasteiger partial charge in [-0.3, -0.25) is 14.4 Å². The van der Waals surface area contributed by atoms with Crippen LogP contribution in [0, 0.1) is 11.8 Å². The zero-order chi connectivity index (χ0) is 27.9. The summed E-state index contributed by atoms with van der Waals surface area (Å²) < 4.78 is -0.763. The van der Waals surface area contributed by atoms with E-state index < -0.39 is 28.7 Å². The molecule has 0 aromatic heterocycles. The third kappa shape index (κ3) is 4.68. The summed E-state index contributed by atoms with van der Waals surface area (Å²) in [7, 11) is 0. The Morgan fingerprint density at radius 2 is 1.57 bits per heavy atom. The molecule has 206 valence electrons. The first-order valence-electron chi connectivity index (χ1n) is 13.5. The summed E-state index contributed by atoms with van der Waals surface area (Å²) in [5, 5.41) is 17.0. The van der Waals surface area contributed by atoms with E-state index >= 15 is 0 Å². The number of nitrogens with zero attached hydrogens (tertiary/aromatic N) is 1. The van der Waals surface area contributed by atoms with E-state index in [1.54, 1.807) is 40.9 Å². The molecule has 3 saturated heterocycles. The monoisotopic (exact) mass is 575 g/mol. The summed E-state index contributed by atoms with van der Waals surface area (Å²) in [6, 6.07) is 24.2. The fourth-order valence-corrected chi connectivity index (χ4v) is 9.04. The first kappa shape index (κ1) is 26.9. The first-order chi connectivity index (χ1) is 19.4. The van der Waals surface area contributed by atoms with Gasteiger partial charge in [-0.2, -0.15) is 0 Å². The molecule has 2 unspecified atom stereocenters. The predicted octanol–water partition coefficient (Wildman–Crippen LogP) is 4.61. The van der Waals surface area contributed by atoms with Crippen molar-refractivity contribution in [1.82, 2.24) is 4.90 Å². The predicted molar refractivity (Wildman–Crippen MR) is 157 cm³/mol. The van der Waals surface area contributed by atoms with E-state index in [-0.39, 0.29) is 29.6 Å². The van der Waals surface area contributed by atoms with Crippen molar-refractivity contribution in [2.24, 2.45) is 11.8 Å². The Morgan fingerprint density at radius 1 is 0.950 bits per heavy atom. The Kier molecular flexibility index (Phi) is 7.33. The lowest BCUT2D eigenvalue weighted by Crippen LogP contribution is -2.55. The minimum atomic E-state index is -0.842. The van der Waals surface area contributed by atoms with Crippen molar-refractivity contribution in [2.75, 3.05) is 17.2 Å². The number of carbonyl (C=O) groups is 3. The number of anilines is 2. The SMILES string of the molecule is O=C(Nc1ccc(Cl)cc1)C1N([C@@H](CO)Cc2ccccc2)C(=O)[C@@H]2[C@@H](C(=O)Nc3ccccc3)[C@H]3CCC12S3. The van der Waals surface area contributed by atoms with Crippen LogP contribution >= 0.6 is 23.4 Å². The molecule has 3 aromatic carbocycles.